The molecule has 1 saturated carbocycles. The number of carboxylic acids is 1. The van der Waals surface area contributed by atoms with Crippen LogP contribution < -0.4 is 16.4 Å². The van der Waals surface area contributed by atoms with E-state index in [4.69, 9.17) is 21.0 Å². The van der Waals surface area contributed by atoms with Gasteiger partial charge in [-0.1, -0.05) is 25.0 Å². The molecule has 2 aromatic rings. The fraction of sp³-hybridized carbons (Fsp3) is 0.476. The summed E-state index contributed by atoms with van der Waals surface area (Å²) in [5.41, 5.74) is 6.09. The lowest BCUT2D eigenvalue weighted by Crippen LogP contribution is -2.43. The van der Waals surface area contributed by atoms with E-state index in [0.29, 0.717) is 24.4 Å². The summed E-state index contributed by atoms with van der Waals surface area (Å²) in [6, 6.07) is 7.02. The van der Waals surface area contributed by atoms with Gasteiger partial charge in [-0.25, -0.2) is 9.78 Å². The van der Waals surface area contributed by atoms with Crippen molar-refractivity contribution in [2.45, 2.75) is 50.7 Å². The minimum absolute atomic E-state index is 0.00557. The summed E-state index contributed by atoms with van der Waals surface area (Å²) in [6.07, 6.45) is -0.0763. The molecule has 1 aromatic heterocycles. The van der Waals surface area contributed by atoms with Crippen molar-refractivity contribution in [1.29, 1.82) is 5.41 Å². The van der Waals surface area contributed by atoms with Crippen LogP contribution in [0.2, 0.25) is 0 Å². The maximum atomic E-state index is 13.0. The Balaban J connectivity index is 0.000000509. The smallest absolute Gasteiger partial charge is 0.475 e. The Kier molecular flexibility index (Phi) is 9.78. The van der Waals surface area contributed by atoms with Crippen molar-refractivity contribution in [3.05, 3.63) is 29.3 Å². The van der Waals surface area contributed by atoms with E-state index < -0.39 is 18.2 Å². The minimum Gasteiger partial charge on any atom is -0.475 e. The van der Waals surface area contributed by atoms with E-state index in [-0.39, 0.29) is 23.6 Å². The zero-order valence-electron chi connectivity index (χ0n) is 18.2. The number of nitrogens with zero attached hydrogens (tertiary/aromatic N) is 1. The molecule has 1 heterocycles. The van der Waals surface area contributed by atoms with Gasteiger partial charge < -0.3 is 21.5 Å². The summed E-state index contributed by atoms with van der Waals surface area (Å²) in [5.74, 6) is -3.03. The molecule has 0 spiro atoms. The maximum absolute atomic E-state index is 13.0. The maximum Gasteiger partial charge on any atom is 0.490 e. The van der Waals surface area contributed by atoms with Gasteiger partial charge in [0, 0.05) is 12.5 Å². The molecule has 0 bridgehead atoms. The number of nitrogens with two attached hydrogens (primary N) is 1. The van der Waals surface area contributed by atoms with Crippen molar-refractivity contribution in [3.8, 4) is 0 Å². The number of thiazole rings is 1. The Morgan fingerprint density at radius 3 is 2.41 bits per heavy atom. The van der Waals surface area contributed by atoms with Gasteiger partial charge in [-0.15, -0.1) is 11.3 Å². The number of fused-ring (bicyclic) bond motifs is 1. The van der Waals surface area contributed by atoms with Crippen molar-refractivity contribution < 1.29 is 32.7 Å². The second-order valence-corrected chi connectivity index (χ2v) is 8.71. The van der Waals surface area contributed by atoms with E-state index in [9.17, 15) is 22.8 Å². The largest absolute Gasteiger partial charge is 0.490 e. The predicted octanol–water partition coefficient (Wildman–Crippen LogP) is 3.05. The number of hydrogen-bond acceptors (Lipinski definition) is 6. The molecule has 186 valence electrons. The number of halogens is 3. The molecule has 3 rings (SSSR count). The van der Waals surface area contributed by atoms with Crippen LogP contribution in [0.4, 0.5) is 13.2 Å². The zero-order valence-corrected chi connectivity index (χ0v) is 19.0. The van der Waals surface area contributed by atoms with E-state index in [0.717, 1.165) is 35.9 Å². The second-order valence-electron chi connectivity index (χ2n) is 7.68. The highest BCUT2D eigenvalue weighted by molar-refractivity contribution is 7.20. The topological polar surface area (TPSA) is 158 Å². The molecule has 9 nitrogen and oxygen atoms in total. The first kappa shape index (κ1) is 27.0. The van der Waals surface area contributed by atoms with Crippen LogP contribution in [0.1, 0.15) is 48.3 Å². The fourth-order valence-electron chi connectivity index (χ4n) is 3.40. The quantitative estimate of drug-likeness (QED) is 0.161. The number of ketones is 1. The summed E-state index contributed by atoms with van der Waals surface area (Å²) in [4.78, 5) is 38.9. The Bertz CT molecular complexity index is 988. The van der Waals surface area contributed by atoms with Crippen LogP contribution in [0.5, 0.6) is 0 Å². The molecule has 34 heavy (non-hydrogen) atoms. The van der Waals surface area contributed by atoms with Gasteiger partial charge >= 0.3 is 12.1 Å². The molecule has 0 saturated heterocycles. The molecule has 1 fully saturated rings. The van der Waals surface area contributed by atoms with E-state index in [1.165, 1.54) is 11.3 Å². The van der Waals surface area contributed by atoms with Gasteiger partial charge in [0.25, 0.3) is 0 Å². The lowest BCUT2D eigenvalue weighted by atomic mass is 10.0. The average Bonchev–Trinajstić information content (AvgIpc) is 3.45. The average molecular weight is 502 g/mol. The van der Waals surface area contributed by atoms with Gasteiger partial charge in [0.1, 0.15) is 0 Å². The third-order valence-electron chi connectivity index (χ3n) is 5.09. The molecule has 1 aromatic carbocycles. The van der Waals surface area contributed by atoms with Gasteiger partial charge in [-0.05, 0) is 37.8 Å². The normalized spacial score (nSPS) is 14.7. The standard InChI is InChI=1S/C19H25N5O2S.C2HF3O2/c20-19(21)22-11-5-9-14(23-17(26)12-6-1-2-7-12)16(25)18-24-13-8-3-4-10-15(13)27-18;3-2(4,5)1(6)7/h3-4,8,10,12,14H,1-2,5-7,9,11H2,(H,23,26)(H4,20,21,22);(H,6,7). The number of alkyl halides is 3. The van der Waals surface area contributed by atoms with Crippen molar-refractivity contribution in [1.82, 2.24) is 15.6 Å². The number of benzene rings is 1. The fourth-order valence-corrected chi connectivity index (χ4v) is 4.36. The molecule has 1 atom stereocenters. The first-order chi connectivity index (χ1) is 16.0. The number of amides is 1. The summed E-state index contributed by atoms with van der Waals surface area (Å²) < 4.78 is 32.7. The molecular formula is C21H26F3N5O4S. The molecule has 0 radical (unpaired) electrons. The molecular weight excluding hydrogens is 475 g/mol. The Morgan fingerprint density at radius 2 is 1.85 bits per heavy atom. The van der Waals surface area contributed by atoms with Crippen molar-refractivity contribution in [2.75, 3.05) is 6.54 Å². The molecule has 0 aliphatic heterocycles. The first-order valence-electron chi connectivity index (χ1n) is 10.6. The molecule has 1 aliphatic rings. The molecule has 1 aliphatic carbocycles. The van der Waals surface area contributed by atoms with Gasteiger partial charge in [-0.2, -0.15) is 13.2 Å². The second kappa shape index (κ2) is 12.3. The molecule has 13 heteroatoms. The van der Waals surface area contributed by atoms with E-state index in [1.807, 2.05) is 24.3 Å². The number of carbonyl (C=O) groups excluding carboxylic acids is 2. The Morgan fingerprint density at radius 1 is 1.24 bits per heavy atom. The number of hydrogen-bond donors (Lipinski definition) is 5. The van der Waals surface area contributed by atoms with Crippen LogP contribution in [-0.4, -0.2) is 52.5 Å². The number of aliphatic carboxylic acids is 1. The van der Waals surface area contributed by atoms with E-state index in [1.54, 1.807) is 0 Å². The number of guanidine groups is 1. The Labute approximate surface area is 197 Å². The molecule has 1 amide bonds. The van der Waals surface area contributed by atoms with Crippen LogP contribution in [0.3, 0.4) is 0 Å². The van der Waals surface area contributed by atoms with E-state index in [2.05, 4.69) is 15.6 Å². The summed E-state index contributed by atoms with van der Waals surface area (Å²) >= 11 is 1.36. The number of carboxylic acid groups (broad SMARTS) is 1. The summed E-state index contributed by atoms with van der Waals surface area (Å²) in [5, 5.41) is 20.4. The minimum atomic E-state index is -5.08. The van der Waals surface area contributed by atoms with E-state index >= 15 is 0 Å². The van der Waals surface area contributed by atoms with Crippen LogP contribution in [0.25, 0.3) is 10.2 Å². The summed E-state index contributed by atoms with van der Waals surface area (Å²) in [6.45, 7) is 0.484. The van der Waals surface area contributed by atoms with Crippen LogP contribution in [0, 0.1) is 11.3 Å². The zero-order chi connectivity index (χ0) is 25.3. The number of Topliss-reactive ketones (excluding diaryl/α,β-unsaturated/α-hetero) is 1. The SMILES string of the molecule is N=C(N)NCCCC(NC(=O)C1CCCC1)C(=O)c1nc2ccccc2s1.O=C(O)C(F)(F)F. The number of para-hydroxylation sites is 1. The molecule has 6 N–H and O–H groups in total. The highest BCUT2D eigenvalue weighted by Gasteiger charge is 2.38. The highest BCUT2D eigenvalue weighted by atomic mass is 32.1. The highest BCUT2D eigenvalue weighted by Crippen LogP contribution is 2.26. The number of nitrogens with one attached hydrogen (secondary N) is 3. The monoisotopic (exact) mass is 501 g/mol. The number of carbonyl (C=O) groups is 3. The Hall–Kier alpha value is -3.22. The first-order valence-corrected chi connectivity index (χ1v) is 11.4. The third kappa shape index (κ3) is 8.28. The summed E-state index contributed by atoms with van der Waals surface area (Å²) in [7, 11) is 0. The van der Waals surface area contributed by atoms with Crippen LogP contribution >= 0.6 is 11.3 Å². The van der Waals surface area contributed by atoms with Crippen molar-refractivity contribution in [2.24, 2.45) is 11.7 Å². The number of aromatic nitrogens is 1. The van der Waals surface area contributed by atoms with Gasteiger partial charge in [0.2, 0.25) is 11.7 Å². The van der Waals surface area contributed by atoms with Crippen LogP contribution in [-0.2, 0) is 9.59 Å². The van der Waals surface area contributed by atoms with Gasteiger partial charge in [0.05, 0.1) is 16.3 Å². The molecule has 1 unspecified atom stereocenters. The van der Waals surface area contributed by atoms with Crippen molar-refractivity contribution in [3.63, 3.8) is 0 Å². The lowest BCUT2D eigenvalue weighted by molar-refractivity contribution is -0.192. The van der Waals surface area contributed by atoms with Crippen molar-refractivity contribution >= 4 is 45.2 Å². The number of rotatable bonds is 8. The van der Waals surface area contributed by atoms with Gasteiger partial charge in [-0.3, -0.25) is 15.0 Å². The van der Waals surface area contributed by atoms with Crippen LogP contribution in [0.15, 0.2) is 24.3 Å². The lowest BCUT2D eigenvalue weighted by Gasteiger charge is -2.19. The third-order valence-corrected chi connectivity index (χ3v) is 6.14. The van der Waals surface area contributed by atoms with Gasteiger partial charge in [0.15, 0.2) is 11.0 Å². The predicted molar refractivity (Wildman–Crippen MR) is 121 cm³/mol.